The van der Waals surface area contributed by atoms with E-state index in [1.54, 1.807) is 6.92 Å². The number of nitrogens with two attached hydrogens (primary N) is 1. The zero-order valence-electron chi connectivity index (χ0n) is 10.8. The number of sulfonamides is 1. The minimum atomic E-state index is -3.98. The molecule has 0 atom stereocenters. The van der Waals surface area contributed by atoms with E-state index in [0.717, 1.165) is 0 Å². The molecule has 0 aliphatic rings. The van der Waals surface area contributed by atoms with Gasteiger partial charge < -0.3 is 10.5 Å². The summed E-state index contributed by atoms with van der Waals surface area (Å²) in [6.45, 7) is 0.298. The molecule has 116 valence electrons. The molecular formula is C11H17ClF2N2O3S. The molecule has 0 spiro atoms. The number of halogens is 3. The van der Waals surface area contributed by atoms with Crippen LogP contribution in [-0.2, 0) is 10.0 Å². The molecule has 0 aliphatic carbocycles. The zero-order chi connectivity index (χ0) is 14.5. The first-order valence-corrected chi connectivity index (χ1v) is 7.09. The quantitative estimate of drug-likeness (QED) is 0.791. The fraction of sp³-hybridized carbons (Fsp3) is 0.455. The summed E-state index contributed by atoms with van der Waals surface area (Å²) >= 11 is 0. The van der Waals surface area contributed by atoms with Crippen molar-refractivity contribution in [1.82, 2.24) is 4.72 Å². The normalized spacial score (nSPS) is 11.8. The van der Waals surface area contributed by atoms with E-state index in [1.165, 1.54) is 24.3 Å². The van der Waals surface area contributed by atoms with E-state index in [4.69, 9.17) is 10.5 Å². The van der Waals surface area contributed by atoms with E-state index in [0.29, 0.717) is 12.4 Å². The lowest BCUT2D eigenvalue weighted by molar-refractivity contribution is 0.0170. The number of rotatable bonds is 7. The third-order valence-electron chi connectivity index (χ3n) is 2.26. The van der Waals surface area contributed by atoms with E-state index >= 15 is 0 Å². The second-order valence-corrected chi connectivity index (χ2v) is 5.56. The molecule has 0 aromatic heterocycles. The molecule has 1 aromatic rings. The van der Waals surface area contributed by atoms with E-state index in [9.17, 15) is 17.2 Å². The van der Waals surface area contributed by atoms with Crippen molar-refractivity contribution in [2.75, 3.05) is 19.7 Å². The Balaban J connectivity index is 0.00000361. The van der Waals surface area contributed by atoms with Crippen molar-refractivity contribution in [3.8, 4) is 5.75 Å². The smallest absolute Gasteiger partial charge is 0.273 e. The van der Waals surface area contributed by atoms with Crippen LogP contribution in [0.1, 0.15) is 6.92 Å². The van der Waals surface area contributed by atoms with Gasteiger partial charge in [-0.1, -0.05) is 0 Å². The Kier molecular flexibility index (Phi) is 7.35. The summed E-state index contributed by atoms with van der Waals surface area (Å²) in [6.07, 6.45) is 0. The van der Waals surface area contributed by atoms with Gasteiger partial charge in [0.05, 0.1) is 24.6 Å². The molecule has 0 amide bonds. The van der Waals surface area contributed by atoms with Crippen LogP contribution in [0.4, 0.5) is 8.78 Å². The maximum atomic E-state index is 12.9. The van der Waals surface area contributed by atoms with Gasteiger partial charge in [0, 0.05) is 0 Å². The highest BCUT2D eigenvalue weighted by Crippen LogP contribution is 2.17. The number of nitrogens with one attached hydrogen (secondary N) is 1. The third kappa shape index (κ3) is 5.58. The van der Waals surface area contributed by atoms with Crippen molar-refractivity contribution in [3.63, 3.8) is 0 Å². The Bertz CT molecular complexity index is 509. The molecule has 0 radical (unpaired) electrons. The highest BCUT2D eigenvalue weighted by atomic mass is 35.5. The lowest BCUT2D eigenvalue weighted by atomic mass is 10.3. The number of alkyl halides is 2. The summed E-state index contributed by atoms with van der Waals surface area (Å²) < 4.78 is 56.2. The maximum Gasteiger partial charge on any atom is 0.273 e. The van der Waals surface area contributed by atoms with Gasteiger partial charge in [0.2, 0.25) is 10.0 Å². The summed E-state index contributed by atoms with van der Waals surface area (Å²) in [5.74, 6) is -2.76. The Hall–Kier alpha value is -0.960. The third-order valence-corrected chi connectivity index (χ3v) is 3.68. The number of hydrogen-bond acceptors (Lipinski definition) is 4. The highest BCUT2D eigenvalue weighted by Gasteiger charge is 2.29. The average Bonchev–Trinajstić information content (AvgIpc) is 2.38. The Morgan fingerprint density at radius 1 is 1.30 bits per heavy atom. The molecule has 1 aromatic carbocycles. The summed E-state index contributed by atoms with van der Waals surface area (Å²) in [7, 11) is -3.98. The Labute approximate surface area is 123 Å². The van der Waals surface area contributed by atoms with Gasteiger partial charge in [0.1, 0.15) is 5.75 Å². The van der Waals surface area contributed by atoms with E-state index < -0.39 is 29.0 Å². The molecule has 1 rings (SSSR count). The number of benzene rings is 1. The van der Waals surface area contributed by atoms with Crippen LogP contribution in [0.25, 0.3) is 0 Å². The average molecular weight is 331 g/mol. The molecule has 0 unspecified atom stereocenters. The van der Waals surface area contributed by atoms with Gasteiger partial charge in [0.25, 0.3) is 5.92 Å². The first kappa shape index (κ1) is 19.0. The lowest BCUT2D eigenvalue weighted by Crippen LogP contribution is -2.41. The van der Waals surface area contributed by atoms with Gasteiger partial charge in [0.15, 0.2) is 0 Å². The van der Waals surface area contributed by atoms with Crippen molar-refractivity contribution in [1.29, 1.82) is 0 Å². The standard InChI is InChI=1S/C11H16F2N2O3S.ClH/c1-2-18-9-3-5-10(6-4-9)19(16,17)15-8-11(12,13)7-14;/h3-6,15H,2,7-8,14H2,1H3;1H. The van der Waals surface area contributed by atoms with Gasteiger partial charge in [-0.3, -0.25) is 0 Å². The van der Waals surface area contributed by atoms with Gasteiger partial charge in [-0.25, -0.2) is 21.9 Å². The van der Waals surface area contributed by atoms with Crippen molar-refractivity contribution in [2.24, 2.45) is 5.73 Å². The SMILES string of the molecule is CCOc1ccc(S(=O)(=O)NCC(F)(F)CN)cc1.Cl. The fourth-order valence-electron chi connectivity index (χ4n) is 1.24. The summed E-state index contributed by atoms with van der Waals surface area (Å²) in [5, 5.41) is 0. The molecule has 9 heteroatoms. The zero-order valence-corrected chi connectivity index (χ0v) is 12.4. The summed E-state index contributed by atoms with van der Waals surface area (Å²) in [4.78, 5) is -0.108. The van der Waals surface area contributed by atoms with Gasteiger partial charge >= 0.3 is 0 Å². The van der Waals surface area contributed by atoms with E-state index in [1.807, 2.05) is 4.72 Å². The molecule has 0 saturated carbocycles. The second-order valence-electron chi connectivity index (χ2n) is 3.79. The predicted octanol–water partition coefficient (Wildman–Crippen LogP) is 1.38. The predicted molar refractivity (Wildman–Crippen MR) is 74.0 cm³/mol. The van der Waals surface area contributed by atoms with Gasteiger partial charge in [-0.2, -0.15) is 0 Å². The van der Waals surface area contributed by atoms with Crippen LogP contribution in [0.15, 0.2) is 29.2 Å². The van der Waals surface area contributed by atoms with Crippen LogP contribution in [0.3, 0.4) is 0 Å². The minimum Gasteiger partial charge on any atom is -0.494 e. The van der Waals surface area contributed by atoms with Crippen LogP contribution < -0.4 is 15.2 Å². The fourth-order valence-corrected chi connectivity index (χ4v) is 2.30. The van der Waals surface area contributed by atoms with Crippen LogP contribution >= 0.6 is 12.4 Å². The molecule has 0 bridgehead atoms. The van der Waals surface area contributed by atoms with E-state index in [-0.39, 0.29) is 17.3 Å². The topological polar surface area (TPSA) is 81.4 Å². The molecule has 20 heavy (non-hydrogen) atoms. The lowest BCUT2D eigenvalue weighted by Gasteiger charge is -2.14. The number of ether oxygens (including phenoxy) is 1. The van der Waals surface area contributed by atoms with E-state index in [2.05, 4.69) is 0 Å². The van der Waals surface area contributed by atoms with Crippen LogP contribution in [0.5, 0.6) is 5.75 Å². The van der Waals surface area contributed by atoms with Crippen molar-refractivity contribution in [2.45, 2.75) is 17.7 Å². The first-order chi connectivity index (χ1) is 8.80. The van der Waals surface area contributed by atoms with Gasteiger partial charge in [-0.15, -0.1) is 12.4 Å². The highest BCUT2D eigenvalue weighted by molar-refractivity contribution is 7.89. The second kappa shape index (κ2) is 7.72. The maximum absolute atomic E-state index is 12.9. The molecule has 5 nitrogen and oxygen atoms in total. The Morgan fingerprint density at radius 3 is 2.30 bits per heavy atom. The van der Waals surface area contributed by atoms with Crippen molar-refractivity contribution in [3.05, 3.63) is 24.3 Å². The largest absolute Gasteiger partial charge is 0.494 e. The van der Waals surface area contributed by atoms with Gasteiger partial charge in [-0.05, 0) is 31.2 Å². The molecule has 0 aliphatic heterocycles. The van der Waals surface area contributed by atoms with Crippen LogP contribution in [0.2, 0.25) is 0 Å². The molecule has 0 fully saturated rings. The molecule has 0 saturated heterocycles. The van der Waals surface area contributed by atoms with Crippen LogP contribution in [-0.4, -0.2) is 34.0 Å². The Morgan fingerprint density at radius 2 is 1.85 bits per heavy atom. The molecule has 0 heterocycles. The van der Waals surface area contributed by atoms with Crippen molar-refractivity contribution < 1.29 is 21.9 Å². The first-order valence-electron chi connectivity index (χ1n) is 5.61. The summed E-state index contributed by atoms with van der Waals surface area (Å²) in [5.41, 5.74) is 4.83. The number of hydrogen-bond donors (Lipinski definition) is 2. The molecular weight excluding hydrogens is 314 g/mol. The monoisotopic (exact) mass is 330 g/mol. The van der Waals surface area contributed by atoms with Crippen LogP contribution in [0, 0.1) is 0 Å². The summed E-state index contributed by atoms with van der Waals surface area (Å²) in [6, 6.07) is 5.49. The van der Waals surface area contributed by atoms with Crippen molar-refractivity contribution >= 4 is 22.4 Å². The molecule has 3 N–H and O–H groups in total. The minimum absolute atomic E-state index is 0.